The number of hydrogen-bond donors (Lipinski definition) is 2. The molecule has 1 aliphatic rings. The minimum Gasteiger partial charge on any atom is -0.356 e. The fraction of sp³-hybridized carbons (Fsp3) is 0.559. The molecule has 2 N–H and O–H groups in total. The summed E-state index contributed by atoms with van der Waals surface area (Å²) in [6.45, 7) is 9.48. The van der Waals surface area contributed by atoms with Crippen LogP contribution < -0.4 is 15.5 Å². The lowest BCUT2D eigenvalue weighted by Gasteiger charge is -2.29. The predicted octanol–water partition coefficient (Wildman–Crippen LogP) is 7.24. The van der Waals surface area contributed by atoms with Crippen molar-refractivity contribution < 1.29 is 23.5 Å². The number of rotatable bonds is 18. The fourth-order valence-electron chi connectivity index (χ4n) is 4.80. The summed E-state index contributed by atoms with van der Waals surface area (Å²) >= 11 is 0. The fourth-order valence-corrected chi connectivity index (χ4v) is 7.26. The van der Waals surface area contributed by atoms with Crippen molar-refractivity contribution in [2.45, 2.75) is 78.2 Å². The molecule has 3 rings (SSSR count). The average molecular weight is 678 g/mol. The van der Waals surface area contributed by atoms with Gasteiger partial charge in [-0.15, -0.1) is 0 Å². The van der Waals surface area contributed by atoms with Gasteiger partial charge in [0.1, 0.15) is 0 Å². The van der Waals surface area contributed by atoms with E-state index in [0.717, 1.165) is 61.1 Å². The number of fused-ring (bicyclic) bond motifs is 2. The Morgan fingerprint density at radius 3 is 2.11 bits per heavy atom. The van der Waals surface area contributed by atoms with Crippen molar-refractivity contribution in [3.8, 4) is 0 Å². The lowest BCUT2D eigenvalue weighted by atomic mass is 9.95. The van der Waals surface area contributed by atoms with Crippen molar-refractivity contribution >= 4 is 52.4 Å². The molecule has 3 amide bonds. The van der Waals surface area contributed by atoms with E-state index in [-0.39, 0.29) is 30.6 Å². The number of benzene rings is 2. The summed E-state index contributed by atoms with van der Waals surface area (Å²) in [5, 5.41) is 5.87. The van der Waals surface area contributed by atoms with Crippen LogP contribution in [0.2, 0.25) is 0 Å². The molecule has 2 aromatic rings. The quantitative estimate of drug-likeness (QED) is 0.0974. The molecule has 0 saturated carbocycles. The molecule has 2 aromatic carbocycles. The maximum Gasteiger partial charge on any atom is 0.227 e. The zero-order chi connectivity index (χ0) is 32.9. The van der Waals surface area contributed by atoms with E-state index < -0.39 is 7.37 Å². The third-order valence-corrected chi connectivity index (χ3v) is 10.3. The minimum absolute atomic E-state index is 0.0434. The third kappa shape index (κ3) is 16.2. The van der Waals surface area contributed by atoms with E-state index in [1.807, 2.05) is 49.1 Å². The number of para-hydroxylation sites is 1. The van der Waals surface area contributed by atoms with Gasteiger partial charge in [0.15, 0.2) is 7.37 Å². The molecule has 0 aromatic heterocycles. The van der Waals surface area contributed by atoms with Gasteiger partial charge < -0.3 is 20.1 Å². The van der Waals surface area contributed by atoms with E-state index in [4.69, 9.17) is 4.52 Å². The predicted molar refractivity (Wildman–Crippen MR) is 191 cm³/mol. The maximum atomic E-state index is 13.3. The van der Waals surface area contributed by atoms with Gasteiger partial charge in [0, 0.05) is 62.9 Å². The summed E-state index contributed by atoms with van der Waals surface area (Å²) in [5.41, 5.74) is 4.51. The molecule has 0 atom stereocenters. The monoisotopic (exact) mass is 677 g/mol. The molecular weight excluding hydrogens is 625 g/mol. The van der Waals surface area contributed by atoms with Gasteiger partial charge in [0.25, 0.3) is 0 Å². The minimum atomic E-state index is -2.39. The Morgan fingerprint density at radius 2 is 1.36 bits per heavy atom. The van der Waals surface area contributed by atoms with Crippen LogP contribution in [0.5, 0.6) is 0 Å². The Kier molecular flexibility index (Phi) is 19.3. The van der Waals surface area contributed by atoms with Crippen LogP contribution in [0.3, 0.4) is 0 Å². The summed E-state index contributed by atoms with van der Waals surface area (Å²) in [4.78, 5) is 39.6. The van der Waals surface area contributed by atoms with Crippen LogP contribution in [-0.2, 0) is 42.9 Å². The van der Waals surface area contributed by atoms with Gasteiger partial charge in [-0.2, -0.15) is 0 Å². The number of nitrogens with one attached hydrogen (secondary N) is 2. The summed E-state index contributed by atoms with van der Waals surface area (Å²) in [7, 11) is 0.868. The van der Waals surface area contributed by atoms with Crippen molar-refractivity contribution in [2.24, 2.45) is 0 Å². The third-order valence-electron chi connectivity index (χ3n) is 7.06. The first-order valence-corrected chi connectivity index (χ1v) is 21.2. The second-order valence-corrected chi connectivity index (χ2v) is 16.4. The topological polar surface area (TPSA) is 105 Å². The number of nitrogens with zero attached hydrogens (tertiary/aromatic N) is 1. The Morgan fingerprint density at radius 1 is 0.756 bits per heavy atom. The first kappa shape index (κ1) is 38.9. The Hall–Kier alpha value is -2.26. The SMILES string of the molecule is CC.CP(C)(=O)OCCCCCCNC(=O)CCSSCCNC(=O)CCC(=O)N1Cc2ccccc2CCc2ccccc21. The van der Waals surface area contributed by atoms with Gasteiger partial charge in [-0.25, -0.2) is 0 Å². The van der Waals surface area contributed by atoms with E-state index in [2.05, 4.69) is 28.8 Å². The van der Waals surface area contributed by atoms with Gasteiger partial charge in [-0.1, -0.05) is 90.7 Å². The van der Waals surface area contributed by atoms with Crippen molar-refractivity contribution in [3.63, 3.8) is 0 Å². The lowest BCUT2D eigenvalue weighted by Crippen LogP contribution is -2.34. The highest BCUT2D eigenvalue weighted by atomic mass is 33.1. The van der Waals surface area contributed by atoms with Crippen LogP contribution in [0.4, 0.5) is 5.69 Å². The smallest absolute Gasteiger partial charge is 0.227 e. The standard InChI is InChI=1S/C32H46N3O5PS2.C2H6/c1-41(2,39)40-22-10-4-3-9-20-33-31(37)19-23-42-43-24-21-34-30(36)17-18-32(38)35-25-28-13-6-5-11-26(28)15-16-27-12-7-8-14-29(27)35;1-2/h5-8,11-14H,3-4,9-10,15-25H2,1-2H3,(H,33,37)(H,34,36);1-2H3. The van der Waals surface area contributed by atoms with E-state index >= 15 is 0 Å². The first-order valence-electron chi connectivity index (χ1n) is 16.2. The molecule has 0 saturated heterocycles. The Balaban J connectivity index is 0.00000345. The van der Waals surface area contributed by atoms with E-state index in [1.54, 1.807) is 34.9 Å². The summed E-state index contributed by atoms with van der Waals surface area (Å²) in [5.74, 6) is 1.33. The number of aryl methyl sites for hydroxylation is 2. The van der Waals surface area contributed by atoms with Crippen molar-refractivity contribution in [1.82, 2.24) is 10.6 Å². The molecule has 0 aliphatic carbocycles. The highest BCUT2D eigenvalue weighted by molar-refractivity contribution is 8.76. The molecule has 45 heavy (non-hydrogen) atoms. The van der Waals surface area contributed by atoms with Gasteiger partial charge in [-0.3, -0.25) is 18.9 Å². The number of unbranched alkanes of at least 4 members (excludes halogenated alkanes) is 3. The molecule has 0 radical (unpaired) electrons. The number of carbonyl (C=O) groups is 3. The number of anilines is 1. The number of amides is 3. The molecule has 8 nitrogen and oxygen atoms in total. The molecule has 11 heteroatoms. The molecule has 0 spiro atoms. The summed E-state index contributed by atoms with van der Waals surface area (Å²) < 4.78 is 16.8. The van der Waals surface area contributed by atoms with E-state index in [1.165, 1.54) is 5.56 Å². The highest BCUT2D eigenvalue weighted by Crippen LogP contribution is 2.37. The van der Waals surface area contributed by atoms with Crippen LogP contribution in [-0.4, -0.2) is 62.3 Å². The van der Waals surface area contributed by atoms with Crippen molar-refractivity contribution in [3.05, 3.63) is 65.2 Å². The Labute approximate surface area is 278 Å². The van der Waals surface area contributed by atoms with Crippen molar-refractivity contribution in [1.29, 1.82) is 0 Å². The molecule has 1 aliphatic heterocycles. The lowest BCUT2D eigenvalue weighted by molar-refractivity contribution is -0.125. The second-order valence-electron chi connectivity index (χ2n) is 11.0. The van der Waals surface area contributed by atoms with Crippen molar-refractivity contribution in [2.75, 3.05) is 49.4 Å². The van der Waals surface area contributed by atoms with Crippen LogP contribution in [0.1, 0.15) is 75.5 Å². The maximum absolute atomic E-state index is 13.3. The average Bonchev–Trinajstić information content (AvgIpc) is 3.02. The van der Waals surface area contributed by atoms with Crippen LogP contribution in [0, 0.1) is 0 Å². The molecule has 0 fully saturated rings. The zero-order valence-electron chi connectivity index (χ0n) is 27.5. The normalized spacial score (nSPS) is 12.5. The van der Waals surface area contributed by atoms with Crippen LogP contribution >= 0.6 is 29.0 Å². The second kappa shape index (κ2) is 22.3. The molecule has 1 heterocycles. The summed E-state index contributed by atoms with van der Waals surface area (Å²) in [6.07, 6.45) is 6.42. The molecule has 250 valence electrons. The van der Waals surface area contributed by atoms with Crippen LogP contribution in [0.25, 0.3) is 0 Å². The number of hydrogen-bond acceptors (Lipinski definition) is 7. The molecule has 0 bridgehead atoms. The highest BCUT2D eigenvalue weighted by Gasteiger charge is 2.23. The molecular formula is C34H52N3O5PS2. The van der Waals surface area contributed by atoms with Gasteiger partial charge in [0.05, 0.1) is 13.2 Å². The van der Waals surface area contributed by atoms with Gasteiger partial charge in [0.2, 0.25) is 17.7 Å². The van der Waals surface area contributed by atoms with Gasteiger partial charge in [-0.05, 0) is 48.4 Å². The zero-order valence-corrected chi connectivity index (χ0v) is 30.0. The first-order chi connectivity index (χ1) is 21.7. The van der Waals surface area contributed by atoms with Crippen LogP contribution in [0.15, 0.2) is 48.5 Å². The largest absolute Gasteiger partial charge is 0.356 e. The van der Waals surface area contributed by atoms with Gasteiger partial charge >= 0.3 is 0 Å². The Bertz CT molecular complexity index is 1240. The van der Waals surface area contributed by atoms with E-state index in [9.17, 15) is 18.9 Å². The van der Waals surface area contributed by atoms with E-state index in [0.29, 0.717) is 38.4 Å². The molecule has 0 unspecified atom stereocenters. The number of carbonyl (C=O) groups excluding carboxylic acids is 3. The summed E-state index contributed by atoms with van der Waals surface area (Å²) in [6, 6.07) is 16.3.